The van der Waals surface area contributed by atoms with E-state index in [1.165, 1.54) is 11.3 Å². The molecule has 2 nitrogen and oxygen atoms in total. The average molecular weight is 153 g/mol. The highest BCUT2D eigenvalue weighted by atomic mass is 32.1. The van der Waals surface area contributed by atoms with Crippen molar-refractivity contribution in [1.29, 1.82) is 0 Å². The van der Waals surface area contributed by atoms with Crippen molar-refractivity contribution in [3.63, 3.8) is 0 Å². The van der Waals surface area contributed by atoms with Gasteiger partial charge in [0, 0.05) is 11.3 Å². The summed E-state index contributed by atoms with van der Waals surface area (Å²) in [5.41, 5.74) is 2.36. The Balaban J connectivity index is 2.19. The molecule has 1 aliphatic rings. The molecule has 0 saturated heterocycles. The lowest BCUT2D eigenvalue weighted by molar-refractivity contribution is 0.0963. The van der Waals surface area contributed by atoms with Gasteiger partial charge in [-0.25, -0.2) is 4.98 Å². The van der Waals surface area contributed by atoms with Crippen LogP contribution in [0, 0.1) is 5.92 Å². The molecule has 0 amide bonds. The molecule has 52 valence electrons. The molecule has 1 aromatic rings. The van der Waals surface area contributed by atoms with Gasteiger partial charge in [0.05, 0.1) is 5.51 Å². The third-order valence-corrected chi connectivity index (χ3v) is 2.22. The molecule has 1 heterocycles. The zero-order chi connectivity index (χ0) is 6.97. The molecule has 1 aliphatic carbocycles. The van der Waals surface area contributed by atoms with Crippen molar-refractivity contribution >= 4 is 17.1 Å². The monoisotopic (exact) mass is 153 g/mol. The maximum Gasteiger partial charge on any atom is 0.185 e. The SMILES string of the molecule is O=C(c1cscn1)C1CC1. The largest absolute Gasteiger partial charge is 0.292 e. The lowest BCUT2D eigenvalue weighted by atomic mass is 10.2. The summed E-state index contributed by atoms with van der Waals surface area (Å²) in [5, 5.41) is 1.82. The summed E-state index contributed by atoms with van der Waals surface area (Å²) in [6.07, 6.45) is 2.13. The smallest absolute Gasteiger partial charge is 0.185 e. The Bertz CT molecular complexity index is 238. The van der Waals surface area contributed by atoms with Crippen LogP contribution in [0.4, 0.5) is 0 Å². The molecule has 0 aliphatic heterocycles. The number of nitrogens with zero attached hydrogens (tertiary/aromatic N) is 1. The average Bonchev–Trinajstić information content (AvgIpc) is 2.65. The van der Waals surface area contributed by atoms with E-state index in [-0.39, 0.29) is 5.78 Å². The molecular weight excluding hydrogens is 146 g/mol. The van der Waals surface area contributed by atoms with E-state index < -0.39 is 0 Å². The van der Waals surface area contributed by atoms with Gasteiger partial charge in [-0.2, -0.15) is 0 Å². The first-order valence-corrected chi connectivity index (χ1v) is 4.24. The van der Waals surface area contributed by atoms with Crippen molar-refractivity contribution in [2.75, 3.05) is 0 Å². The fraction of sp³-hybridized carbons (Fsp3) is 0.429. The number of hydrogen-bond acceptors (Lipinski definition) is 3. The Labute approximate surface area is 62.9 Å². The van der Waals surface area contributed by atoms with Gasteiger partial charge in [0.1, 0.15) is 5.69 Å². The van der Waals surface area contributed by atoms with Crippen molar-refractivity contribution in [3.05, 3.63) is 16.6 Å². The normalized spacial score (nSPS) is 17.2. The predicted molar refractivity (Wildman–Crippen MR) is 39.2 cm³/mol. The summed E-state index contributed by atoms with van der Waals surface area (Å²) < 4.78 is 0. The van der Waals surface area contributed by atoms with Gasteiger partial charge in [0.15, 0.2) is 5.78 Å². The van der Waals surface area contributed by atoms with Crippen LogP contribution in [0.5, 0.6) is 0 Å². The molecule has 3 heteroatoms. The van der Waals surface area contributed by atoms with E-state index >= 15 is 0 Å². The van der Waals surface area contributed by atoms with Gasteiger partial charge in [0.25, 0.3) is 0 Å². The summed E-state index contributed by atoms with van der Waals surface area (Å²) in [6.45, 7) is 0. The lowest BCUT2D eigenvalue weighted by Gasteiger charge is -1.87. The second-order valence-electron chi connectivity index (χ2n) is 2.51. The van der Waals surface area contributed by atoms with E-state index in [0.717, 1.165) is 12.8 Å². The number of ketones is 1. The summed E-state index contributed by atoms with van der Waals surface area (Å²) >= 11 is 1.48. The van der Waals surface area contributed by atoms with Crippen LogP contribution in [-0.4, -0.2) is 10.8 Å². The maximum absolute atomic E-state index is 11.2. The predicted octanol–water partition coefficient (Wildman–Crippen LogP) is 1.74. The molecule has 10 heavy (non-hydrogen) atoms. The highest BCUT2D eigenvalue weighted by molar-refractivity contribution is 7.07. The first-order valence-electron chi connectivity index (χ1n) is 3.30. The molecule has 0 unspecified atom stereocenters. The fourth-order valence-corrected chi connectivity index (χ4v) is 1.43. The van der Waals surface area contributed by atoms with Crippen LogP contribution in [0.25, 0.3) is 0 Å². The van der Waals surface area contributed by atoms with Gasteiger partial charge in [-0.05, 0) is 12.8 Å². The summed E-state index contributed by atoms with van der Waals surface area (Å²) in [5.74, 6) is 0.545. The number of aromatic nitrogens is 1. The number of Topliss-reactive ketones (excluding diaryl/α,β-unsaturated/α-hetero) is 1. The zero-order valence-electron chi connectivity index (χ0n) is 5.41. The maximum atomic E-state index is 11.2. The Hall–Kier alpha value is -0.700. The number of rotatable bonds is 2. The molecular formula is C7H7NOS. The summed E-state index contributed by atoms with van der Waals surface area (Å²) in [6, 6.07) is 0. The van der Waals surface area contributed by atoms with Gasteiger partial charge in [0.2, 0.25) is 0 Å². The fourth-order valence-electron chi connectivity index (χ4n) is 0.889. The Morgan fingerprint density at radius 1 is 1.70 bits per heavy atom. The Morgan fingerprint density at radius 2 is 2.50 bits per heavy atom. The van der Waals surface area contributed by atoms with E-state index in [9.17, 15) is 4.79 Å². The van der Waals surface area contributed by atoms with Crippen LogP contribution in [-0.2, 0) is 0 Å². The van der Waals surface area contributed by atoms with Crippen molar-refractivity contribution in [2.24, 2.45) is 5.92 Å². The minimum atomic E-state index is 0.237. The minimum absolute atomic E-state index is 0.237. The third kappa shape index (κ3) is 0.968. The van der Waals surface area contributed by atoms with Crippen LogP contribution in [0.15, 0.2) is 10.9 Å². The molecule has 1 aromatic heterocycles. The molecule has 0 N–H and O–H groups in total. The molecule has 0 radical (unpaired) electrons. The first kappa shape index (κ1) is 6.04. The summed E-state index contributed by atoms with van der Waals surface area (Å²) in [4.78, 5) is 15.2. The molecule has 0 aromatic carbocycles. The molecule has 1 saturated carbocycles. The minimum Gasteiger partial charge on any atom is -0.292 e. The van der Waals surface area contributed by atoms with Crippen molar-refractivity contribution in [2.45, 2.75) is 12.8 Å². The van der Waals surface area contributed by atoms with E-state index in [4.69, 9.17) is 0 Å². The highest BCUT2D eigenvalue weighted by Crippen LogP contribution is 2.32. The highest BCUT2D eigenvalue weighted by Gasteiger charge is 2.31. The van der Waals surface area contributed by atoms with Crippen LogP contribution < -0.4 is 0 Å². The molecule has 1 fully saturated rings. The number of hydrogen-bond donors (Lipinski definition) is 0. The topological polar surface area (TPSA) is 30.0 Å². The summed E-state index contributed by atoms with van der Waals surface area (Å²) in [7, 11) is 0. The number of thiazole rings is 1. The molecule has 0 spiro atoms. The number of carbonyl (C=O) groups is 1. The van der Waals surface area contributed by atoms with Crippen molar-refractivity contribution < 1.29 is 4.79 Å². The van der Waals surface area contributed by atoms with Gasteiger partial charge in [-0.3, -0.25) is 4.79 Å². The van der Waals surface area contributed by atoms with Gasteiger partial charge >= 0.3 is 0 Å². The zero-order valence-corrected chi connectivity index (χ0v) is 6.23. The first-order chi connectivity index (χ1) is 4.88. The molecule has 0 atom stereocenters. The van der Waals surface area contributed by atoms with E-state index in [1.54, 1.807) is 5.51 Å². The van der Waals surface area contributed by atoms with Crippen molar-refractivity contribution in [3.8, 4) is 0 Å². The van der Waals surface area contributed by atoms with E-state index in [0.29, 0.717) is 11.6 Å². The second-order valence-corrected chi connectivity index (χ2v) is 3.23. The van der Waals surface area contributed by atoms with Crippen LogP contribution in [0.1, 0.15) is 23.3 Å². The van der Waals surface area contributed by atoms with Gasteiger partial charge in [-0.1, -0.05) is 0 Å². The second kappa shape index (κ2) is 2.16. The van der Waals surface area contributed by atoms with Gasteiger partial charge < -0.3 is 0 Å². The third-order valence-electron chi connectivity index (χ3n) is 1.63. The Morgan fingerprint density at radius 3 is 3.00 bits per heavy atom. The standard InChI is InChI=1S/C7H7NOS/c9-7(5-1-2-5)6-3-10-4-8-6/h3-5H,1-2H2. The number of carbonyl (C=O) groups excluding carboxylic acids is 1. The van der Waals surface area contributed by atoms with Crippen LogP contribution in [0.2, 0.25) is 0 Å². The lowest BCUT2D eigenvalue weighted by Crippen LogP contribution is -2.00. The van der Waals surface area contributed by atoms with Gasteiger partial charge in [-0.15, -0.1) is 11.3 Å². The molecule has 2 rings (SSSR count). The van der Waals surface area contributed by atoms with Crippen LogP contribution >= 0.6 is 11.3 Å². The van der Waals surface area contributed by atoms with E-state index in [1.807, 2.05) is 5.38 Å². The molecule has 0 bridgehead atoms. The Kier molecular flexibility index (Phi) is 1.31. The van der Waals surface area contributed by atoms with E-state index in [2.05, 4.69) is 4.98 Å². The van der Waals surface area contributed by atoms with Crippen LogP contribution in [0.3, 0.4) is 0 Å². The van der Waals surface area contributed by atoms with Crippen molar-refractivity contribution in [1.82, 2.24) is 4.98 Å². The quantitative estimate of drug-likeness (QED) is 0.606.